The van der Waals surface area contributed by atoms with Crippen molar-refractivity contribution in [3.05, 3.63) is 87.4 Å². The van der Waals surface area contributed by atoms with Crippen molar-refractivity contribution in [1.82, 2.24) is 4.98 Å². The van der Waals surface area contributed by atoms with E-state index in [2.05, 4.69) is 55.2 Å². The van der Waals surface area contributed by atoms with Gasteiger partial charge in [0.25, 0.3) is 0 Å². The fraction of sp³-hybridized carbons (Fsp3) is 0.292. The molecule has 2 aromatic carbocycles. The van der Waals surface area contributed by atoms with Crippen LogP contribution in [0, 0.1) is 0 Å². The monoisotopic (exact) mass is 448 g/mol. The first kappa shape index (κ1) is 25.2. The molecule has 0 radical (unpaired) electrons. The van der Waals surface area contributed by atoms with E-state index in [1.807, 2.05) is 29.6 Å². The van der Waals surface area contributed by atoms with Gasteiger partial charge in [-0.15, -0.1) is 11.3 Å². The number of benzene rings is 2. The molecule has 0 aliphatic heterocycles. The van der Waals surface area contributed by atoms with Crippen molar-refractivity contribution in [1.29, 1.82) is 0 Å². The van der Waals surface area contributed by atoms with E-state index in [4.69, 9.17) is 28.9 Å². The molecule has 0 atom stereocenters. The Hall–Kier alpha value is -1.81. The van der Waals surface area contributed by atoms with Crippen molar-refractivity contribution in [2.45, 2.75) is 46.0 Å². The second kappa shape index (κ2) is 16.0. The van der Waals surface area contributed by atoms with E-state index in [9.17, 15) is 0 Å². The maximum Gasteiger partial charge on any atom is 0.179 e. The molecular formula is C24H30Cl2N2S. The zero-order valence-electron chi connectivity index (χ0n) is 17.2. The van der Waals surface area contributed by atoms with E-state index in [0.717, 1.165) is 12.8 Å². The van der Waals surface area contributed by atoms with Crippen molar-refractivity contribution >= 4 is 45.7 Å². The molecule has 0 amide bonds. The molecule has 2 nitrogen and oxygen atoms in total. The van der Waals surface area contributed by atoms with Gasteiger partial charge in [0, 0.05) is 11.6 Å². The lowest BCUT2D eigenvalue weighted by molar-refractivity contribution is 0.717. The first-order valence-electron chi connectivity index (χ1n) is 9.87. The number of nitrogens with zero attached hydrogens (tertiary/aromatic N) is 1. The highest BCUT2D eigenvalue weighted by molar-refractivity contribution is 7.13. The molecule has 0 saturated heterocycles. The minimum Gasteiger partial charge on any atom is -0.375 e. The fourth-order valence-electron chi connectivity index (χ4n) is 2.33. The van der Waals surface area contributed by atoms with Crippen LogP contribution in [0.3, 0.4) is 0 Å². The number of unbranched alkanes of at least 4 members (excludes halogenated alkanes) is 2. The number of aryl methyl sites for hydroxylation is 1. The molecule has 1 aromatic heterocycles. The zero-order valence-corrected chi connectivity index (χ0v) is 19.5. The number of aromatic nitrogens is 1. The summed E-state index contributed by atoms with van der Waals surface area (Å²) in [5.74, 6) is 0. The van der Waals surface area contributed by atoms with Crippen LogP contribution >= 0.6 is 34.5 Å². The van der Waals surface area contributed by atoms with Gasteiger partial charge in [-0.3, -0.25) is 0 Å². The van der Waals surface area contributed by atoms with E-state index < -0.39 is 0 Å². The van der Waals surface area contributed by atoms with Gasteiger partial charge in [0.2, 0.25) is 0 Å². The summed E-state index contributed by atoms with van der Waals surface area (Å²) < 4.78 is 0. The molecule has 3 rings (SSSR count). The third-order valence-corrected chi connectivity index (χ3v) is 5.19. The van der Waals surface area contributed by atoms with Crippen molar-refractivity contribution in [2.75, 3.05) is 5.73 Å². The molecule has 5 heteroatoms. The molecule has 0 fully saturated rings. The second-order valence-corrected chi connectivity index (χ2v) is 8.04. The molecule has 0 unspecified atom stereocenters. The normalized spacial score (nSPS) is 10.1. The first-order valence-corrected chi connectivity index (χ1v) is 11.5. The Kier molecular flexibility index (Phi) is 14.0. The number of anilines is 1. The molecule has 1 heterocycles. The number of rotatable bonds is 6. The molecule has 0 saturated carbocycles. The largest absolute Gasteiger partial charge is 0.375 e. The summed E-state index contributed by atoms with van der Waals surface area (Å²) in [4.78, 5) is 3.71. The molecule has 156 valence electrons. The minimum atomic E-state index is 0.634. The quantitative estimate of drug-likeness (QED) is 0.383. The SMILES string of the molecule is CCC=Cc1ccccc1.CCCCCc1ccc(Cl)c(Cl)c1.Nc1nccs1. The van der Waals surface area contributed by atoms with Crippen LogP contribution in [0.25, 0.3) is 6.08 Å². The molecule has 0 aliphatic carbocycles. The third-order valence-electron chi connectivity index (χ3n) is 3.85. The molecular weight excluding hydrogens is 419 g/mol. The van der Waals surface area contributed by atoms with Crippen LogP contribution in [0.2, 0.25) is 10.0 Å². The number of nitrogens with two attached hydrogens (primary N) is 1. The van der Waals surface area contributed by atoms with Crippen LogP contribution in [-0.2, 0) is 6.42 Å². The number of nitrogen functional groups attached to an aromatic ring is 1. The Morgan fingerprint density at radius 1 is 1.00 bits per heavy atom. The smallest absolute Gasteiger partial charge is 0.179 e. The van der Waals surface area contributed by atoms with Gasteiger partial charge in [-0.1, -0.05) is 98.4 Å². The lowest BCUT2D eigenvalue weighted by Crippen LogP contribution is -1.85. The van der Waals surface area contributed by atoms with Crippen molar-refractivity contribution < 1.29 is 0 Å². The van der Waals surface area contributed by atoms with Crippen LogP contribution in [0.1, 0.15) is 50.7 Å². The minimum absolute atomic E-state index is 0.634. The van der Waals surface area contributed by atoms with Crippen LogP contribution < -0.4 is 5.73 Å². The van der Waals surface area contributed by atoms with Gasteiger partial charge in [-0.25, -0.2) is 4.98 Å². The van der Waals surface area contributed by atoms with Gasteiger partial charge in [-0.05, 0) is 42.5 Å². The molecule has 2 N–H and O–H groups in total. The summed E-state index contributed by atoms with van der Waals surface area (Å²) in [5.41, 5.74) is 7.75. The van der Waals surface area contributed by atoms with Gasteiger partial charge in [0.15, 0.2) is 5.13 Å². The number of hydrogen-bond donors (Lipinski definition) is 1. The lowest BCUT2D eigenvalue weighted by Gasteiger charge is -2.02. The molecule has 29 heavy (non-hydrogen) atoms. The Morgan fingerprint density at radius 3 is 2.28 bits per heavy atom. The van der Waals surface area contributed by atoms with E-state index in [1.165, 1.54) is 41.7 Å². The van der Waals surface area contributed by atoms with E-state index >= 15 is 0 Å². The summed E-state index contributed by atoms with van der Waals surface area (Å²) in [6, 6.07) is 16.2. The topological polar surface area (TPSA) is 38.9 Å². The highest BCUT2D eigenvalue weighted by Gasteiger charge is 1.98. The summed E-state index contributed by atoms with van der Waals surface area (Å²) >= 11 is 13.1. The maximum atomic E-state index is 5.89. The Labute approximate surface area is 189 Å². The van der Waals surface area contributed by atoms with Crippen LogP contribution in [0.4, 0.5) is 5.13 Å². The highest BCUT2D eigenvalue weighted by Crippen LogP contribution is 2.23. The zero-order chi connectivity index (χ0) is 21.3. The Balaban J connectivity index is 0.000000232. The third kappa shape index (κ3) is 12.4. The maximum absolute atomic E-state index is 5.89. The standard InChI is InChI=1S/C11H14Cl2.C10H12.C3H4N2S/c1-2-3-4-5-9-6-7-10(12)11(13)8-9;1-2-3-7-10-8-5-4-6-9-10;4-3-5-1-2-6-3/h6-8H,2-5H2,1H3;3-9H,2H2,1H3;1-2H,(H2,4,5). The van der Waals surface area contributed by atoms with E-state index in [-0.39, 0.29) is 0 Å². The average molecular weight is 449 g/mol. The number of allylic oxidation sites excluding steroid dienone is 1. The van der Waals surface area contributed by atoms with Crippen LogP contribution in [0.15, 0.2) is 66.2 Å². The fourth-order valence-corrected chi connectivity index (χ4v) is 3.03. The molecule has 0 spiro atoms. The molecule has 0 aliphatic rings. The Morgan fingerprint density at radius 2 is 1.76 bits per heavy atom. The number of hydrogen-bond acceptors (Lipinski definition) is 3. The van der Waals surface area contributed by atoms with Gasteiger partial charge < -0.3 is 5.73 Å². The predicted octanol–water partition coefficient (Wildman–Crippen LogP) is 8.56. The summed E-state index contributed by atoms with van der Waals surface area (Å²) in [6.07, 6.45) is 11.9. The van der Waals surface area contributed by atoms with Crippen molar-refractivity contribution in [3.8, 4) is 0 Å². The van der Waals surface area contributed by atoms with Gasteiger partial charge in [-0.2, -0.15) is 0 Å². The predicted molar refractivity (Wildman–Crippen MR) is 132 cm³/mol. The molecule has 0 bridgehead atoms. The van der Waals surface area contributed by atoms with Crippen LogP contribution in [0.5, 0.6) is 0 Å². The average Bonchev–Trinajstić information content (AvgIpc) is 3.22. The van der Waals surface area contributed by atoms with E-state index in [0.29, 0.717) is 15.2 Å². The summed E-state index contributed by atoms with van der Waals surface area (Å²) in [6.45, 7) is 4.34. The van der Waals surface area contributed by atoms with Crippen LogP contribution in [-0.4, -0.2) is 4.98 Å². The van der Waals surface area contributed by atoms with Gasteiger partial charge in [0.1, 0.15) is 0 Å². The summed E-state index contributed by atoms with van der Waals surface area (Å²) in [5, 5.41) is 3.78. The number of thiazole rings is 1. The van der Waals surface area contributed by atoms with Gasteiger partial charge >= 0.3 is 0 Å². The first-order chi connectivity index (χ1) is 14.1. The van der Waals surface area contributed by atoms with E-state index in [1.54, 1.807) is 6.20 Å². The van der Waals surface area contributed by atoms with Gasteiger partial charge in [0.05, 0.1) is 10.0 Å². The second-order valence-electron chi connectivity index (χ2n) is 6.30. The van der Waals surface area contributed by atoms with Crippen molar-refractivity contribution in [3.63, 3.8) is 0 Å². The Bertz CT molecular complexity index is 803. The summed E-state index contributed by atoms with van der Waals surface area (Å²) in [7, 11) is 0. The lowest BCUT2D eigenvalue weighted by atomic mass is 10.1. The highest BCUT2D eigenvalue weighted by atomic mass is 35.5. The number of halogens is 2. The molecule has 3 aromatic rings. The van der Waals surface area contributed by atoms with Crippen molar-refractivity contribution in [2.24, 2.45) is 0 Å².